The van der Waals surface area contributed by atoms with Crippen molar-refractivity contribution in [1.82, 2.24) is 9.97 Å². The third kappa shape index (κ3) is 3.73. The predicted octanol–water partition coefficient (Wildman–Crippen LogP) is 3.86. The van der Waals surface area contributed by atoms with Crippen molar-refractivity contribution in [1.29, 1.82) is 0 Å². The Kier molecular flexibility index (Phi) is 5.46. The molecule has 3 aromatic rings. The predicted molar refractivity (Wildman–Crippen MR) is 117 cm³/mol. The minimum absolute atomic E-state index is 0.0324. The summed E-state index contributed by atoms with van der Waals surface area (Å²) in [5, 5.41) is 13.1. The standard InChI is InChI=1S/C23H24F2N4O3/c1-12-15(6-5-7-17(12)23(24,25)11-30)13(2)26-22-16-8-19-20(32-10-21(31)29(19)4)9-18(16)27-14(3)28-22/h5-9,13,30H,10-11H2,1-4H3,(H,26,27,28)/t13-/m1/s1. The molecular formula is C23H24F2N4O3. The highest BCUT2D eigenvalue weighted by Gasteiger charge is 2.33. The highest BCUT2D eigenvalue weighted by molar-refractivity contribution is 6.02. The van der Waals surface area contributed by atoms with Gasteiger partial charge in [0.05, 0.1) is 17.2 Å². The molecule has 0 saturated heterocycles. The number of nitrogens with one attached hydrogen (secondary N) is 1. The first kappa shape index (κ1) is 21.9. The maximum absolute atomic E-state index is 14.2. The fraction of sp³-hybridized carbons (Fsp3) is 0.348. The number of amides is 1. The van der Waals surface area contributed by atoms with Gasteiger partial charge in [0.25, 0.3) is 11.8 Å². The number of benzene rings is 2. The topological polar surface area (TPSA) is 87.6 Å². The number of hydrogen-bond acceptors (Lipinski definition) is 6. The summed E-state index contributed by atoms with van der Waals surface area (Å²) in [6, 6.07) is 7.84. The first-order chi connectivity index (χ1) is 15.1. The van der Waals surface area contributed by atoms with Gasteiger partial charge < -0.3 is 20.1 Å². The average Bonchev–Trinajstić information content (AvgIpc) is 2.75. The number of halogens is 2. The number of alkyl halides is 2. The maximum Gasteiger partial charge on any atom is 0.296 e. The fourth-order valence-corrected chi connectivity index (χ4v) is 4.01. The number of aliphatic hydroxyl groups excluding tert-OH is 1. The molecule has 2 heterocycles. The van der Waals surface area contributed by atoms with Gasteiger partial charge in [-0.1, -0.05) is 18.2 Å². The monoisotopic (exact) mass is 442 g/mol. The Labute approximate surface area is 184 Å². The Bertz CT molecular complexity index is 1220. The summed E-state index contributed by atoms with van der Waals surface area (Å²) >= 11 is 0. The van der Waals surface area contributed by atoms with E-state index in [0.29, 0.717) is 45.1 Å². The van der Waals surface area contributed by atoms with Crippen molar-refractivity contribution in [3.63, 3.8) is 0 Å². The second kappa shape index (κ2) is 7.98. The molecule has 0 bridgehead atoms. The lowest BCUT2D eigenvalue weighted by Gasteiger charge is -2.27. The van der Waals surface area contributed by atoms with Gasteiger partial charge in [0, 0.05) is 24.1 Å². The van der Waals surface area contributed by atoms with E-state index in [-0.39, 0.29) is 24.1 Å². The van der Waals surface area contributed by atoms with Crippen molar-refractivity contribution in [3.8, 4) is 5.75 Å². The summed E-state index contributed by atoms with van der Waals surface area (Å²) < 4.78 is 33.9. The van der Waals surface area contributed by atoms with Crippen LogP contribution in [-0.2, 0) is 10.7 Å². The van der Waals surface area contributed by atoms with Gasteiger partial charge in [0.2, 0.25) is 0 Å². The number of carbonyl (C=O) groups is 1. The van der Waals surface area contributed by atoms with Crippen LogP contribution in [0.25, 0.3) is 10.9 Å². The minimum Gasteiger partial charge on any atom is -0.481 e. The highest BCUT2D eigenvalue weighted by Crippen LogP contribution is 2.38. The molecule has 2 N–H and O–H groups in total. The molecule has 0 radical (unpaired) electrons. The van der Waals surface area contributed by atoms with Crippen LogP contribution in [0.5, 0.6) is 5.75 Å². The van der Waals surface area contributed by atoms with E-state index < -0.39 is 12.5 Å². The second-order valence-electron chi connectivity index (χ2n) is 7.95. The number of nitrogens with zero attached hydrogens (tertiary/aromatic N) is 3. The molecule has 0 saturated carbocycles. The van der Waals surface area contributed by atoms with E-state index >= 15 is 0 Å². The molecule has 1 aliphatic heterocycles. The lowest BCUT2D eigenvalue weighted by atomic mass is 9.94. The smallest absolute Gasteiger partial charge is 0.296 e. The van der Waals surface area contributed by atoms with Crippen LogP contribution in [0.2, 0.25) is 0 Å². The minimum atomic E-state index is -3.33. The third-order valence-electron chi connectivity index (χ3n) is 5.76. The number of anilines is 2. The van der Waals surface area contributed by atoms with Crippen LogP contribution in [0.3, 0.4) is 0 Å². The summed E-state index contributed by atoms with van der Waals surface area (Å²) in [4.78, 5) is 22.6. The van der Waals surface area contributed by atoms with Gasteiger partial charge in [-0.2, -0.15) is 8.78 Å². The molecule has 1 aliphatic rings. The van der Waals surface area contributed by atoms with E-state index in [2.05, 4.69) is 15.3 Å². The number of carbonyl (C=O) groups excluding carboxylic acids is 1. The highest BCUT2D eigenvalue weighted by atomic mass is 19.3. The van der Waals surface area contributed by atoms with Gasteiger partial charge in [-0.15, -0.1) is 0 Å². The van der Waals surface area contributed by atoms with Crippen LogP contribution < -0.4 is 15.0 Å². The number of ether oxygens (including phenoxy) is 1. The van der Waals surface area contributed by atoms with Gasteiger partial charge >= 0.3 is 0 Å². The molecule has 168 valence electrons. The lowest BCUT2D eigenvalue weighted by Crippen LogP contribution is -2.35. The molecule has 2 aromatic carbocycles. The van der Waals surface area contributed by atoms with Gasteiger partial charge in [0.1, 0.15) is 24.0 Å². The fourth-order valence-electron chi connectivity index (χ4n) is 4.01. The van der Waals surface area contributed by atoms with Gasteiger partial charge in [-0.3, -0.25) is 4.79 Å². The molecule has 0 unspecified atom stereocenters. The first-order valence-corrected chi connectivity index (χ1v) is 10.2. The molecule has 0 aliphatic carbocycles. The maximum atomic E-state index is 14.2. The van der Waals surface area contributed by atoms with Crippen LogP contribution in [0.1, 0.15) is 35.5 Å². The zero-order valence-corrected chi connectivity index (χ0v) is 18.2. The van der Waals surface area contributed by atoms with E-state index in [0.717, 1.165) is 0 Å². The van der Waals surface area contributed by atoms with Crippen molar-refractivity contribution < 1.29 is 23.4 Å². The van der Waals surface area contributed by atoms with Crippen molar-refractivity contribution in [3.05, 3.63) is 52.8 Å². The van der Waals surface area contributed by atoms with Crippen LogP contribution in [-0.4, -0.2) is 41.2 Å². The van der Waals surface area contributed by atoms with Crippen LogP contribution in [0.15, 0.2) is 30.3 Å². The molecule has 0 fully saturated rings. The average molecular weight is 442 g/mol. The Morgan fingerprint density at radius 3 is 2.75 bits per heavy atom. The largest absolute Gasteiger partial charge is 0.481 e. The molecular weight excluding hydrogens is 418 g/mol. The van der Waals surface area contributed by atoms with E-state index in [4.69, 9.17) is 9.84 Å². The van der Waals surface area contributed by atoms with Gasteiger partial charge in [0.15, 0.2) is 6.61 Å². The third-order valence-corrected chi connectivity index (χ3v) is 5.76. The molecule has 1 atom stereocenters. The van der Waals surface area contributed by atoms with E-state index in [1.807, 2.05) is 6.92 Å². The molecule has 1 amide bonds. The van der Waals surface area contributed by atoms with Crippen molar-refractivity contribution in [2.24, 2.45) is 0 Å². The summed E-state index contributed by atoms with van der Waals surface area (Å²) in [7, 11) is 1.68. The van der Waals surface area contributed by atoms with E-state index in [1.165, 1.54) is 11.0 Å². The summed E-state index contributed by atoms with van der Waals surface area (Å²) in [6.07, 6.45) is 0. The number of hydrogen-bond donors (Lipinski definition) is 2. The Morgan fingerprint density at radius 1 is 1.28 bits per heavy atom. The van der Waals surface area contributed by atoms with Crippen LogP contribution in [0.4, 0.5) is 20.3 Å². The first-order valence-electron chi connectivity index (χ1n) is 10.2. The SMILES string of the molecule is Cc1nc(N[C@H](C)c2cccc(C(F)(F)CO)c2C)c2cc3c(cc2n1)OCC(=O)N3C. The normalized spacial score (nSPS) is 14.8. The Balaban J connectivity index is 1.77. The van der Waals surface area contributed by atoms with Crippen LogP contribution in [0, 0.1) is 13.8 Å². The summed E-state index contributed by atoms with van der Waals surface area (Å²) in [5.74, 6) is -1.87. The number of rotatable bonds is 5. The molecule has 1 aromatic heterocycles. The second-order valence-corrected chi connectivity index (χ2v) is 7.95. The van der Waals surface area contributed by atoms with Crippen molar-refractivity contribution in [2.45, 2.75) is 32.7 Å². The summed E-state index contributed by atoms with van der Waals surface area (Å²) in [5.41, 5.74) is 2.11. The molecule has 32 heavy (non-hydrogen) atoms. The zero-order valence-electron chi connectivity index (χ0n) is 18.2. The molecule has 9 heteroatoms. The molecule has 7 nitrogen and oxygen atoms in total. The number of aryl methyl sites for hydroxylation is 1. The van der Waals surface area contributed by atoms with Crippen molar-refractivity contribution >= 4 is 28.3 Å². The Morgan fingerprint density at radius 2 is 2.03 bits per heavy atom. The number of fused-ring (bicyclic) bond motifs is 2. The number of aromatic nitrogens is 2. The van der Waals surface area contributed by atoms with Gasteiger partial charge in [-0.25, -0.2) is 9.97 Å². The zero-order chi connectivity index (χ0) is 23.2. The molecule has 0 spiro atoms. The van der Waals surface area contributed by atoms with Crippen molar-refractivity contribution in [2.75, 3.05) is 30.5 Å². The lowest BCUT2D eigenvalue weighted by molar-refractivity contribution is -0.120. The van der Waals surface area contributed by atoms with E-state index in [1.54, 1.807) is 45.2 Å². The van der Waals surface area contributed by atoms with E-state index in [9.17, 15) is 13.6 Å². The van der Waals surface area contributed by atoms with Gasteiger partial charge in [-0.05, 0) is 38.0 Å². The quantitative estimate of drug-likeness (QED) is 0.624. The number of aliphatic hydroxyl groups is 1. The Hall–Kier alpha value is -3.33. The summed E-state index contributed by atoms with van der Waals surface area (Å²) in [6.45, 7) is 3.94. The molecule has 4 rings (SSSR count). The number of likely N-dealkylation sites (N-methyl/N-ethyl adjacent to an activating group) is 1. The van der Waals surface area contributed by atoms with Crippen LogP contribution >= 0.6 is 0 Å².